The second-order valence-corrected chi connectivity index (χ2v) is 7.89. The summed E-state index contributed by atoms with van der Waals surface area (Å²) in [5.74, 6) is -1.69. The number of fused-ring (bicyclic) bond motifs is 1. The van der Waals surface area contributed by atoms with Crippen molar-refractivity contribution in [3.8, 4) is 11.5 Å². The van der Waals surface area contributed by atoms with Gasteiger partial charge in [0.25, 0.3) is 17.5 Å². The quantitative estimate of drug-likeness (QED) is 0.193. The summed E-state index contributed by atoms with van der Waals surface area (Å²) in [6, 6.07) is 16.9. The van der Waals surface area contributed by atoms with Crippen molar-refractivity contribution >= 4 is 45.7 Å². The van der Waals surface area contributed by atoms with Crippen molar-refractivity contribution in [3.63, 3.8) is 0 Å². The third kappa shape index (κ3) is 5.70. The Kier molecular flexibility index (Phi) is 7.52. The van der Waals surface area contributed by atoms with Gasteiger partial charge in [-0.3, -0.25) is 24.5 Å². The number of para-hydroxylation sites is 2. The minimum absolute atomic E-state index is 0.0871. The van der Waals surface area contributed by atoms with Gasteiger partial charge in [-0.25, -0.2) is 9.97 Å². The number of ketones is 1. The van der Waals surface area contributed by atoms with Crippen molar-refractivity contribution in [1.29, 1.82) is 0 Å². The highest BCUT2D eigenvalue weighted by Gasteiger charge is 2.24. The lowest BCUT2D eigenvalue weighted by atomic mass is 10.1. The first-order chi connectivity index (χ1) is 18.3. The third-order valence-corrected chi connectivity index (χ3v) is 5.41. The number of methoxy groups -OCH3 is 2. The average molecular weight is 515 g/mol. The molecule has 0 saturated carbocycles. The van der Waals surface area contributed by atoms with E-state index in [1.165, 1.54) is 38.5 Å². The van der Waals surface area contributed by atoms with Gasteiger partial charge < -0.3 is 20.1 Å². The van der Waals surface area contributed by atoms with E-state index in [0.717, 1.165) is 0 Å². The average Bonchev–Trinajstić information content (AvgIpc) is 2.92. The van der Waals surface area contributed by atoms with Crippen molar-refractivity contribution in [3.05, 3.63) is 88.2 Å². The van der Waals surface area contributed by atoms with Crippen LogP contribution in [0, 0.1) is 10.1 Å². The zero-order valence-corrected chi connectivity index (χ0v) is 20.3. The Balaban J connectivity index is 1.68. The number of carbonyl (C=O) groups excluding carboxylic acids is 3. The number of benzene rings is 3. The number of hydrogen-bond acceptors (Lipinski definition) is 9. The summed E-state index contributed by atoms with van der Waals surface area (Å²) in [4.78, 5) is 57.9. The number of nitro benzene ring substituents is 1. The highest BCUT2D eigenvalue weighted by atomic mass is 16.6. The molecule has 3 aromatic carbocycles. The first-order valence-corrected chi connectivity index (χ1v) is 11.2. The number of carbonyl (C=O) groups is 3. The van der Waals surface area contributed by atoms with Crippen molar-refractivity contribution in [2.75, 3.05) is 24.9 Å². The van der Waals surface area contributed by atoms with Gasteiger partial charge >= 0.3 is 0 Å². The van der Waals surface area contributed by atoms with Crippen molar-refractivity contribution < 1.29 is 28.8 Å². The Morgan fingerprint density at radius 2 is 1.68 bits per heavy atom. The third-order valence-electron chi connectivity index (χ3n) is 5.41. The number of nitrogens with one attached hydrogen (secondary N) is 2. The maximum atomic E-state index is 13.2. The molecule has 0 aliphatic rings. The van der Waals surface area contributed by atoms with Crippen LogP contribution in [0.3, 0.4) is 0 Å². The number of ether oxygens (including phenoxy) is 2. The number of nitrogens with zero attached hydrogens (tertiary/aromatic N) is 3. The van der Waals surface area contributed by atoms with Gasteiger partial charge in [-0.2, -0.15) is 0 Å². The van der Waals surface area contributed by atoms with E-state index in [1.807, 2.05) is 0 Å². The van der Waals surface area contributed by atoms with Crippen LogP contribution in [0.25, 0.3) is 11.0 Å². The lowest BCUT2D eigenvalue weighted by Gasteiger charge is -2.12. The Bertz CT molecular complexity index is 1570. The van der Waals surface area contributed by atoms with E-state index >= 15 is 0 Å². The number of aromatic nitrogens is 2. The van der Waals surface area contributed by atoms with Crippen LogP contribution in [-0.4, -0.2) is 46.7 Å². The predicted molar refractivity (Wildman–Crippen MR) is 137 cm³/mol. The number of Topliss-reactive ketones (excluding diaryl/α,β-unsaturated/α-hetero) is 1. The molecule has 1 aromatic heterocycles. The second kappa shape index (κ2) is 11.1. The highest BCUT2D eigenvalue weighted by Crippen LogP contribution is 2.25. The maximum Gasteiger partial charge on any atom is 0.292 e. The molecule has 1 heterocycles. The number of non-ortho nitro benzene ring substituents is 1. The molecule has 0 aliphatic carbocycles. The summed E-state index contributed by atoms with van der Waals surface area (Å²) in [5.41, 5.74) is 0.361. The topological polar surface area (TPSA) is 163 Å². The van der Waals surface area contributed by atoms with Gasteiger partial charge in [0.05, 0.1) is 48.0 Å². The van der Waals surface area contributed by atoms with Crippen LogP contribution in [0.4, 0.5) is 17.1 Å². The molecular weight excluding hydrogens is 494 g/mol. The van der Waals surface area contributed by atoms with Gasteiger partial charge in [0.1, 0.15) is 11.5 Å². The fourth-order valence-electron chi connectivity index (χ4n) is 3.56. The van der Waals surface area contributed by atoms with Crippen LogP contribution in [0.15, 0.2) is 66.7 Å². The van der Waals surface area contributed by atoms with Crippen LogP contribution in [0.2, 0.25) is 0 Å². The molecule has 0 fully saturated rings. The van der Waals surface area contributed by atoms with E-state index in [1.54, 1.807) is 42.5 Å². The SMILES string of the molecule is COc1cccc(NC(=O)C(=O)Cc2nc3cc([N+](=O)[O-])ccc3nc2C(=O)Nc2ccccc2OC)c1. The van der Waals surface area contributed by atoms with Crippen molar-refractivity contribution in [2.45, 2.75) is 6.42 Å². The summed E-state index contributed by atoms with van der Waals surface area (Å²) >= 11 is 0. The molecule has 0 radical (unpaired) electrons. The van der Waals surface area contributed by atoms with Crippen LogP contribution in [0.1, 0.15) is 16.2 Å². The number of rotatable bonds is 9. The van der Waals surface area contributed by atoms with Gasteiger partial charge in [0.2, 0.25) is 5.78 Å². The predicted octanol–water partition coefficient (Wildman–Crippen LogP) is 3.56. The zero-order valence-electron chi connectivity index (χ0n) is 20.3. The molecule has 4 rings (SSSR count). The van der Waals surface area contributed by atoms with Gasteiger partial charge in [-0.1, -0.05) is 18.2 Å². The number of anilines is 2. The molecule has 0 saturated heterocycles. The standard InChI is InChI=1S/C26H21N5O7/c1-37-17-7-5-6-15(12-17)27-25(33)22(32)14-21-24(26(34)30-19-8-3-4-9-23(19)38-2)29-18-11-10-16(31(35)36)13-20(18)28-21/h3-13H,14H2,1-2H3,(H,27,33)(H,30,34). The molecule has 38 heavy (non-hydrogen) atoms. The van der Waals surface area contributed by atoms with E-state index in [9.17, 15) is 24.5 Å². The van der Waals surface area contributed by atoms with Gasteiger partial charge in [-0.05, 0) is 30.3 Å². The fourth-order valence-corrected chi connectivity index (χ4v) is 3.56. The Hall–Kier alpha value is -5.39. The maximum absolute atomic E-state index is 13.2. The Morgan fingerprint density at radius 1 is 0.895 bits per heavy atom. The van der Waals surface area contributed by atoms with Crippen LogP contribution in [0.5, 0.6) is 11.5 Å². The van der Waals surface area contributed by atoms with Gasteiger partial charge in [0, 0.05) is 23.9 Å². The minimum Gasteiger partial charge on any atom is -0.497 e. The van der Waals surface area contributed by atoms with Gasteiger partial charge in [-0.15, -0.1) is 0 Å². The summed E-state index contributed by atoms with van der Waals surface area (Å²) in [6.45, 7) is 0. The molecule has 12 nitrogen and oxygen atoms in total. The monoisotopic (exact) mass is 515 g/mol. The van der Waals surface area contributed by atoms with Gasteiger partial charge in [0.15, 0.2) is 5.69 Å². The van der Waals surface area contributed by atoms with E-state index in [2.05, 4.69) is 20.6 Å². The summed E-state index contributed by atoms with van der Waals surface area (Å²) in [7, 11) is 2.91. The molecular formula is C26H21N5O7. The normalized spacial score (nSPS) is 10.5. The van der Waals surface area contributed by atoms with Crippen LogP contribution in [-0.2, 0) is 16.0 Å². The fraction of sp³-hybridized carbons (Fsp3) is 0.115. The first-order valence-electron chi connectivity index (χ1n) is 11.2. The summed E-state index contributed by atoms with van der Waals surface area (Å²) in [6.07, 6.45) is -0.587. The number of hydrogen-bond donors (Lipinski definition) is 2. The molecule has 4 aromatic rings. The Labute approximate surface area is 215 Å². The largest absolute Gasteiger partial charge is 0.497 e. The number of amides is 2. The summed E-state index contributed by atoms with van der Waals surface area (Å²) in [5, 5.41) is 16.4. The lowest BCUT2D eigenvalue weighted by molar-refractivity contribution is -0.384. The van der Waals surface area contributed by atoms with Crippen LogP contribution >= 0.6 is 0 Å². The highest BCUT2D eigenvalue weighted by molar-refractivity contribution is 6.41. The molecule has 0 spiro atoms. The lowest BCUT2D eigenvalue weighted by Crippen LogP contribution is -2.27. The molecule has 12 heteroatoms. The van der Waals surface area contributed by atoms with E-state index in [4.69, 9.17) is 9.47 Å². The molecule has 0 atom stereocenters. The molecule has 2 amide bonds. The molecule has 0 bridgehead atoms. The first kappa shape index (κ1) is 25.7. The van der Waals surface area contributed by atoms with Crippen LogP contribution < -0.4 is 20.1 Å². The van der Waals surface area contributed by atoms with E-state index in [0.29, 0.717) is 22.9 Å². The second-order valence-electron chi connectivity index (χ2n) is 7.89. The van der Waals surface area contributed by atoms with Crippen molar-refractivity contribution in [1.82, 2.24) is 9.97 Å². The van der Waals surface area contributed by atoms with E-state index in [-0.39, 0.29) is 28.1 Å². The molecule has 0 unspecified atom stereocenters. The minimum atomic E-state index is -0.949. The molecule has 0 aliphatic heterocycles. The van der Waals surface area contributed by atoms with E-state index < -0.39 is 28.9 Å². The number of nitro groups is 1. The molecule has 2 N–H and O–H groups in total. The zero-order chi connectivity index (χ0) is 27.2. The summed E-state index contributed by atoms with van der Waals surface area (Å²) < 4.78 is 10.4. The van der Waals surface area contributed by atoms with Crippen molar-refractivity contribution in [2.24, 2.45) is 0 Å². The molecule has 192 valence electrons. The smallest absolute Gasteiger partial charge is 0.292 e. The Morgan fingerprint density at radius 3 is 2.42 bits per heavy atom.